The molecular formula is C28H18N4O3S. The molecule has 174 valence electrons. The highest BCUT2D eigenvalue weighted by Gasteiger charge is 2.15. The van der Waals surface area contributed by atoms with Crippen molar-refractivity contribution in [1.29, 1.82) is 0 Å². The van der Waals surface area contributed by atoms with Crippen LogP contribution < -0.4 is 4.80 Å². The zero-order valence-electron chi connectivity index (χ0n) is 18.8. The van der Waals surface area contributed by atoms with Gasteiger partial charge in [-0.05, 0) is 29.0 Å². The van der Waals surface area contributed by atoms with Gasteiger partial charge in [-0.15, -0.1) is 11.3 Å². The average molecular weight is 491 g/mol. The summed E-state index contributed by atoms with van der Waals surface area (Å²) in [6, 6.07) is 30.3. The van der Waals surface area contributed by atoms with E-state index >= 15 is 0 Å². The maximum absolute atomic E-state index is 11.6. The fourth-order valence-corrected chi connectivity index (χ4v) is 4.90. The maximum Gasteiger partial charge on any atom is 0.294 e. The van der Waals surface area contributed by atoms with Crippen molar-refractivity contribution < 1.29 is 9.34 Å². The number of furan rings is 1. The van der Waals surface area contributed by atoms with Crippen molar-refractivity contribution >= 4 is 50.7 Å². The Morgan fingerprint density at radius 1 is 0.889 bits per heavy atom. The Bertz CT molecular complexity index is 1810. The van der Waals surface area contributed by atoms with E-state index in [1.807, 2.05) is 66.0 Å². The molecule has 0 N–H and O–H groups in total. The number of hydrogen-bond donors (Lipinski definition) is 0. The molecule has 0 aliphatic rings. The van der Waals surface area contributed by atoms with E-state index in [-0.39, 0.29) is 11.4 Å². The van der Waals surface area contributed by atoms with Crippen molar-refractivity contribution in [3.63, 3.8) is 0 Å². The largest absolute Gasteiger partial charge is 0.454 e. The van der Waals surface area contributed by atoms with E-state index in [1.165, 1.54) is 17.4 Å². The Morgan fingerprint density at radius 3 is 2.50 bits per heavy atom. The molecule has 0 aliphatic carbocycles. The third-order valence-electron chi connectivity index (χ3n) is 5.79. The summed E-state index contributed by atoms with van der Waals surface area (Å²) in [5, 5.41) is 21.4. The molecule has 2 heterocycles. The van der Waals surface area contributed by atoms with Crippen LogP contribution in [0.2, 0.25) is 0 Å². The van der Waals surface area contributed by atoms with Gasteiger partial charge in [-0.2, -0.15) is 5.10 Å². The van der Waals surface area contributed by atoms with Crippen LogP contribution in [-0.2, 0) is 0 Å². The van der Waals surface area contributed by atoms with Gasteiger partial charge in [0.05, 0.1) is 11.1 Å². The molecule has 6 aromatic rings. The van der Waals surface area contributed by atoms with Gasteiger partial charge < -0.3 is 4.42 Å². The van der Waals surface area contributed by atoms with E-state index in [0.717, 1.165) is 27.3 Å². The van der Waals surface area contributed by atoms with Gasteiger partial charge >= 0.3 is 0 Å². The predicted octanol–water partition coefficient (Wildman–Crippen LogP) is 7.14. The lowest BCUT2D eigenvalue weighted by Gasteiger charge is -2.03. The third-order valence-corrected chi connectivity index (χ3v) is 6.61. The van der Waals surface area contributed by atoms with E-state index < -0.39 is 4.92 Å². The van der Waals surface area contributed by atoms with E-state index in [4.69, 9.17) is 9.52 Å². The molecule has 8 heteroatoms. The molecule has 7 nitrogen and oxygen atoms in total. The molecule has 0 saturated carbocycles. The van der Waals surface area contributed by atoms with Crippen molar-refractivity contribution in [2.45, 2.75) is 0 Å². The summed E-state index contributed by atoms with van der Waals surface area (Å²) < 4.78 is 7.77. The summed E-state index contributed by atoms with van der Waals surface area (Å²) in [6.07, 6.45) is 1.78. The third kappa shape index (κ3) is 3.99. The van der Waals surface area contributed by atoms with Crippen LogP contribution in [0.5, 0.6) is 0 Å². The molecule has 0 bridgehead atoms. The van der Waals surface area contributed by atoms with Gasteiger partial charge in [0, 0.05) is 22.4 Å². The van der Waals surface area contributed by atoms with Crippen molar-refractivity contribution in [2.24, 2.45) is 10.1 Å². The zero-order valence-corrected chi connectivity index (χ0v) is 19.6. The number of para-hydroxylation sites is 3. The topological polar surface area (TPSA) is 85.9 Å². The number of nitro groups is 1. The van der Waals surface area contributed by atoms with Crippen LogP contribution in [0.4, 0.5) is 11.4 Å². The summed E-state index contributed by atoms with van der Waals surface area (Å²) >= 11 is 1.33. The summed E-state index contributed by atoms with van der Waals surface area (Å²) in [4.78, 5) is 16.2. The monoisotopic (exact) mass is 490 g/mol. The molecule has 0 unspecified atom stereocenters. The Kier molecular flexibility index (Phi) is 5.48. The van der Waals surface area contributed by atoms with Crippen LogP contribution in [0, 0.1) is 10.1 Å². The number of thiazole rings is 1. The summed E-state index contributed by atoms with van der Waals surface area (Å²) in [6.45, 7) is 0. The van der Waals surface area contributed by atoms with Gasteiger partial charge in [-0.25, -0.2) is 9.67 Å². The highest BCUT2D eigenvalue weighted by Crippen LogP contribution is 2.30. The summed E-state index contributed by atoms with van der Waals surface area (Å²) in [5.41, 5.74) is 2.60. The van der Waals surface area contributed by atoms with Crippen LogP contribution in [0.15, 0.2) is 117 Å². The molecular weight excluding hydrogens is 472 g/mol. The Hall–Kier alpha value is -4.82. The molecule has 2 aromatic heterocycles. The molecule has 0 spiro atoms. The second kappa shape index (κ2) is 9.09. The molecule has 4 aromatic carbocycles. The van der Waals surface area contributed by atoms with Crippen LogP contribution in [0.3, 0.4) is 0 Å². The van der Waals surface area contributed by atoms with Crippen molar-refractivity contribution in [3.8, 4) is 11.5 Å². The van der Waals surface area contributed by atoms with Crippen molar-refractivity contribution in [2.75, 3.05) is 0 Å². The highest BCUT2D eigenvalue weighted by molar-refractivity contribution is 7.07. The fourth-order valence-electron chi connectivity index (χ4n) is 4.07. The van der Waals surface area contributed by atoms with E-state index in [9.17, 15) is 10.1 Å². The Labute approximate surface area is 209 Å². The number of hydrogen-bond acceptors (Lipinski definition) is 6. The molecule has 36 heavy (non-hydrogen) atoms. The number of rotatable bonds is 5. The lowest BCUT2D eigenvalue weighted by Crippen LogP contribution is -2.11. The summed E-state index contributed by atoms with van der Waals surface area (Å²) in [5.74, 6) is 0.631. The van der Waals surface area contributed by atoms with Crippen LogP contribution in [0.1, 0.15) is 5.56 Å². The van der Waals surface area contributed by atoms with E-state index in [0.29, 0.717) is 16.3 Å². The SMILES string of the molecule is O=[N+]([O-])c1ccccc1N=c1scc(-c2cc3ccccc3o2)n1N=Cc1cccc2ccccc12. The molecule has 0 atom stereocenters. The minimum Gasteiger partial charge on any atom is -0.454 e. The Balaban J connectivity index is 1.55. The van der Waals surface area contributed by atoms with Gasteiger partial charge in [0.15, 0.2) is 5.76 Å². The first-order valence-electron chi connectivity index (χ1n) is 11.2. The molecule has 0 amide bonds. The quantitative estimate of drug-likeness (QED) is 0.146. The second-order valence-electron chi connectivity index (χ2n) is 8.03. The smallest absolute Gasteiger partial charge is 0.294 e. The molecule has 6 rings (SSSR count). The molecule has 0 aliphatic heterocycles. The minimum atomic E-state index is -0.434. The number of aromatic nitrogens is 1. The second-order valence-corrected chi connectivity index (χ2v) is 8.87. The number of nitrogens with zero attached hydrogens (tertiary/aromatic N) is 4. The van der Waals surface area contributed by atoms with E-state index in [2.05, 4.69) is 17.1 Å². The first-order chi connectivity index (χ1) is 17.7. The lowest BCUT2D eigenvalue weighted by atomic mass is 10.1. The fraction of sp³-hybridized carbons (Fsp3) is 0. The number of fused-ring (bicyclic) bond motifs is 2. The predicted molar refractivity (Wildman–Crippen MR) is 143 cm³/mol. The van der Waals surface area contributed by atoms with Gasteiger partial charge in [-0.1, -0.05) is 72.8 Å². The lowest BCUT2D eigenvalue weighted by molar-refractivity contribution is -0.384. The van der Waals surface area contributed by atoms with Crippen LogP contribution >= 0.6 is 11.3 Å². The molecule has 0 radical (unpaired) electrons. The van der Waals surface area contributed by atoms with Gasteiger partial charge in [0.2, 0.25) is 4.80 Å². The molecule has 0 saturated heterocycles. The first kappa shape index (κ1) is 21.7. The number of nitro benzene ring substituents is 1. The van der Waals surface area contributed by atoms with Gasteiger partial charge in [0.1, 0.15) is 17.0 Å². The normalized spacial score (nSPS) is 12.2. The zero-order chi connectivity index (χ0) is 24.5. The van der Waals surface area contributed by atoms with Crippen LogP contribution in [-0.4, -0.2) is 15.8 Å². The number of benzene rings is 4. The Morgan fingerprint density at radius 2 is 1.64 bits per heavy atom. The maximum atomic E-state index is 11.6. The average Bonchev–Trinajstić information content (AvgIpc) is 3.51. The van der Waals surface area contributed by atoms with Gasteiger partial charge in [-0.3, -0.25) is 10.1 Å². The van der Waals surface area contributed by atoms with Crippen molar-refractivity contribution in [1.82, 2.24) is 4.68 Å². The van der Waals surface area contributed by atoms with E-state index in [1.54, 1.807) is 29.1 Å². The standard InChI is InChI=1S/C28H18N4O3S/c33-32(34)24-14-5-4-13-23(24)30-28-31(29-17-21-11-7-10-19-8-1-3-12-22(19)21)25(18-36-28)27-16-20-9-2-6-15-26(20)35-27/h1-18H. The first-order valence-corrected chi connectivity index (χ1v) is 12.0. The van der Waals surface area contributed by atoms with Crippen molar-refractivity contribution in [3.05, 3.63) is 123 Å². The minimum absolute atomic E-state index is 0.0687. The van der Waals surface area contributed by atoms with Gasteiger partial charge in [0.25, 0.3) is 5.69 Å². The highest BCUT2D eigenvalue weighted by atomic mass is 32.1. The summed E-state index contributed by atoms with van der Waals surface area (Å²) in [7, 11) is 0. The molecule has 0 fully saturated rings. The van der Waals surface area contributed by atoms with Crippen LogP contribution in [0.25, 0.3) is 33.2 Å².